The third-order valence-corrected chi connectivity index (χ3v) is 4.57. The average Bonchev–Trinajstić information content (AvgIpc) is 2.41. The largest absolute Gasteiger partial charge is 0.486 e. The lowest BCUT2D eigenvalue weighted by Gasteiger charge is -2.12. The average molecular weight is 487 g/mol. The van der Waals surface area contributed by atoms with Crippen molar-refractivity contribution in [3.05, 3.63) is 60.7 Å². The summed E-state index contributed by atoms with van der Waals surface area (Å²) in [6, 6.07) is 8.52. The van der Waals surface area contributed by atoms with E-state index in [2.05, 4.69) is 47.8 Å². The van der Waals surface area contributed by atoms with E-state index in [1.54, 1.807) is 12.1 Å². The molecule has 0 amide bonds. The Bertz CT molecular complexity index is 611. The molecule has 0 unspecified atom stereocenters. The van der Waals surface area contributed by atoms with Gasteiger partial charge >= 0.3 is 0 Å². The first-order valence-electron chi connectivity index (χ1n) is 5.62. The molecule has 106 valence electrons. The van der Waals surface area contributed by atoms with Crippen LogP contribution in [0.1, 0.15) is 11.1 Å². The van der Waals surface area contributed by atoms with E-state index in [1.807, 2.05) is 12.1 Å². The highest BCUT2D eigenvalue weighted by Gasteiger charge is 2.11. The van der Waals surface area contributed by atoms with Gasteiger partial charge in [-0.15, -0.1) is 11.6 Å². The number of benzene rings is 2. The molecule has 0 spiro atoms. The van der Waals surface area contributed by atoms with Crippen molar-refractivity contribution in [2.45, 2.75) is 12.5 Å². The van der Waals surface area contributed by atoms with Crippen molar-refractivity contribution in [2.75, 3.05) is 0 Å². The summed E-state index contributed by atoms with van der Waals surface area (Å²) in [7, 11) is 0. The van der Waals surface area contributed by atoms with Gasteiger partial charge in [0, 0.05) is 15.9 Å². The van der Waals surface area contributed by atoms with Crippen LogP contribution in [0, 0.1) is 5.82 Å². The van der Waals surface area contributed by atoms with E-state index in [0.29, 0.717) is 17.2 Å². The number of hydrogen-bond donors (Lipinski definition) is 0. The molecule has 6 heteroatoms. The Morgan fingerprint density at radius 3 is 2.30 bits per heavy atom. The molecule has 0 atom stereocenters. The lowest BCUT2D eigenvalue weighted by atomic mass is 10.2. The molecule has 1 nitrogen and oxygen atoms in total. The first-order valence-corrected chi connectivity index (χ1v) is 8.53. The summed E-state index contributed by atoms with van der Waals surface area (Å²) in [4.78, 5) is 0. The Kier molecular flexibility index (Phi) is 5.90. The minimum absolute atomic E-state index is 0.142. The van der Waals surface area contributed by atoms with Gasteiger partial charge < -0.3 is 4.74 Å². The number of hydrogen-bond acceptors (Lipinski definition) is 1. The molecule has 2 aromatic rings. The molecule has 0 aliphatic heterocycles. The number of ether oxygens (including phenoxy) is 1. The quantitative estimate of drug-likeness (QED) is 0.452. The molecule has 0 bridgehead atoms. The molecule has 0 aliphatic rings. The van der Waals surface area contributed by atoms with Crippen LogP contribution in [0.3, 0.4) is 0 Å². The normalized spacial score (nSPS) is 10.7. The standard InChI is InChI=1S/C14H9Br3ClFO/c15-10-1-2-13(19)9(5-10)7-20-14-11(16)3-8(6-18)4-12(14)17/h1-5H,6-7H2. The second kappa shape index (κ2) is 7.25. The van der Waals surface area contributed by atoms with Gasteiger partial charge in [0.05, 0.1) is 8.95 Å². The van der Waals surface area contributed by atoms with Crippen molar-refractivity contribution in [2.24, 2.45) is 0 Å². The fraction of sp³-hybridized carbons (Fsp3) is 0.143. The van der Waals surface area contributed by atoms with E-state index in [9.17, 15) is 4.39 Å². The topological polar surface area (TPSA) is 9.23 Å². The number of halogens is 5. The van der Waals surface area contributed by atoms with Crippen LogP contribution in [0.25, 0.3) is 0 Å². The summed E-state index contributed by atoms with van der Waals surface area (Å²) >= 11 is 16.0. The van der Waals surface area contributed by atoms with Gasteiger partial charge in [0.15, 0.2) is 0 Å². The minimum atomic E-state index is -0.294. The van der Waals surface area contributed by atoms with Gasteiger partial charge in [0.2, 0.25) is 0 Å². The van der Waals surface area contributed by atoms with Gasteiger partial charge in [-0.2, -0.15) is 0 Å². The van der Waals surface area contributed by atoms with E-state index in [0.717, 1.165) is 19.0 Å². The van der Waals surface area contributed by atoms with Crippen LogP contribution in [0.15, 0.2) is 43.7 Å². The predicted octanol–water partition coefficient (Wildman–Crippen LogP) is 6.43. The molecule has 20 heavy (non-hydrogen) atoms. The van der Waals surface area contributed by atoms with Crippen molar-refractivity contribution in [1.29, 1.82) is 0 Å². The van der Waals surface area contributed by atoms with E-state index in [1.165, 1.54) is 6.07 Å². The van der Waals surface area contributed by atoms with Crippen LogP contribution in [0.2, 0.25) is 0 Å². The third-order valence-electron chi connectivity index (χ3n) is 2.59. The van der Waals surface area contributed by atoms with Crippen LogP contribution in [-0.4, -0.2) is 0 Å². The first kappa shape index (κ1) is 16.3. The Labute approximate surface area is 146 Å². The summed E-state index contributed by atoms with van der Waals surface area (Å²) in [6.45, 7) is 0.142. The summed E-state index contributed by atoms with van der Waals surface area (Å²) in [5.41, 5.74) is 1.45. The molecule has 2 aromatic carbocycles. The van der Waals surface area contributed by atoms with E-state index >= 15 is 0 Å². The van der Waals surface area contributed by atoms with Gasteiger partial charge in [-0.25, -0.2) is 4.39 Å². The zero-order chi connectivity index (χ0) is 14.7. The third kappa shape index (κ3) is 3.97. The second-order valence-electron chi connectivity index (χ2n) is 4.05. The van der Waals surface area contributed by atoms with E-state index in [-0.39, 0.29) is 12.4 Å². The number of rotatable bonds is 4. The van der Waals surface area contributed by atoms with E-state index < -0.39 is 0 Å². The second-order valence-corrected chi connectivity index (χ2v) is 6.94. The lowest BCUT2D eigenvalue weighted by Crippen LogP contribution is -2.00. The van der Waals surface area contributed by atoms with Crippen molar-refractivity contribution >= 4 is 59.4 Å². The van der Waals surface area contributed by atoms with Gasteiger partial charge in [0.25, 0.3) is 0 Å². The van der Waals surface area contributed by atoms with Gasteiger partial charge in [-0.3, -0.25) is 0 Å². The van der Waals surface area contributed by atoms with Crippen LogP contribution >= 0.6 is 59.4 Å². The molecule has 0 radical (unpaired) electrons. The summed E-state index contributed by atoms with van der Waals surface area (Å²) in [5.74, 6) is 0.744. The van der Waals surface area contributed by atoms with E-state index in [4.69, 9.17) is 16.3 Å². The Morgan fingerprint density at radius 2 is 1.70 bits per heavy atom. The van der Waals surface area contributed by atoms with Crippen molar-refractivity contribution in [3.8, 4) is 5.75 Å². The monoisotopic (exact) mass is 484 g/mol. The highest BCUT2D eigenvalue weighted by molar-refractivity contribution is 9.11. The zero-order valence-electron chi connectivity index (χ0n) is 10.1. The molecule has 0 aliphatic carbocycles. The van der Waals surface area contributed by atoms with Crippen molar-refractivity contribution < 1.29 is 9.13 Å². The van der Waals surface area contributed by atoms with Gasteiger partial charge in [0.1, 0.15) is 18.2 Å². The molecule has 0 fully saturated rings. The van der Waals surface area contributed by atoms with Gasteiger partial charge in [-0.05, 0) is 67.8 Å². The molecule has 2 rings (SSSR count). The maximum atomic E-state index is 13.7. The van der Waals surface area contributed by atoms with Crippen LogP contribution in [0.4, 0.5) is 4.39 Å². The lowest BCUT2D eigenvalue weighted by molar-refractivity contribution is 0.296. The zero-order valence-corrected chi connectivity index (χ0v) is 15.6. The Morgan fingerprint density at radius 1 is 1.05 bits per heavy atom. The maximum absolute atomic E-state index is 13.7. The molecule has 0 heterocycles. The highest BCUT2D eigenvalue weighted by Crippen LogP contribution is 2.36. The smallest absolute Gasteiger partial charge is 0.148 e. The minimum Gasteiger partial charge on any atom is -0.486 e. The Hall–Kier alpha value is -0.100. The fourth-order valence-corrected chi connectivity index (χ4v) is 3.70. The van der Waals surface area contributed by atoms with Crippen molar-refractivity contribution in [1.82, 2.24) is 0 Å². The maximum Gasteiger partial charge on any atom is 0.148 e. The summed E-state index contributed by atoms with van der Waals surface area (Å²) in [6.07, 6.45) is 0. The SMILES string of the molecule is Fc1ccc(Br)cc1COc1c(Br)cc(CCl)cc1Br. The molecular weight excluding hydrogens is 478 g/mol. The van der Waals surface area contributed by atoms with Crippen LogP contribution in [-0.2, 0) is 12.5 Å². The fourth-order valence-electron chi connectivity index (χ4n) is 1.63. The molecule has 0 N–H and O–H groups in total. The van der Waals surface area contributed by atoms with Crippen LogP contribution < -0.4 is 4.74 Å². The predicted molar refractivity (Wildman–Crippen MR) is 89.8 cm³/mol. The summed E-state index contributed by atoms with van der Waals surface area (Å²) < 4.78 is 21.7. The first-order chi connectivity index (χ1) is 9.51. The Balaban J connectivity index is 2.21. The highest BCUT2D eigenvalue weighted by atomic mass is 79.9. The summed E-state index contributed by atoms with van der Waals surface area (Å²) in [5, 5.41) is 0. The number of alkyl halides is 1. The van der Waals surface area contributed by atoms with Gasteiger partial charge in [-0.1, -0.05) is 15.9 Å². The van der Waals surface area contributed by atoms with Crippen LogP contribution in [0.5, 0.6) is 5.75 Å². The molecule has 0 saturated heterocycles. The molecule has 0 aromatic heterocycles. The molecule has 0 saturated carbocycles. The van der Waals surface area contributed by atoms with Crippen molar-refractivity contribution in [3.63, 3.8) is 0 Å². The molecular formula is C14H9Br3ClFO.